The first-order valence-corrected chi connectivity index (χ1v) is 8.20. The van der Waals surface area contributed by atoms with Gasteiger partial charge in [0.05, 0.1) is 6.42 Å². The zero-order chi connectivity index (χ0) is 17.4. The minimum Gasteiger partial charge on any atom is -0.481 e. The molecule has 0 radical (unpaired) electrons. The van der Waals surface area contributed by atoms with E-state index in [0.29, 0.717) is 11.3 Å². The summed E-state index contributed by atoms with van der Waals surface area (Å²) in [6.07, 6.45) is 2.69. The maximum Gasteiger partial charge on any atom is 0.307 e. The molecule has 0 bridgehead atoms. The highest BCUT2D eigenvalue weighted by Gasteiger charge is 2.13. The molecule has 0 saturated carbocycles. The Balaban J connectivity index is 1.81. The van der Waals surface area contributed by atoms with E-state index >= 15 is 0 Å². The van der Waals surface area contributed by atoms with E-state index in [0.717, 1.165) is 19.3 Å². The molecule has 0 aliphatic heterocycles. The second-order valence-electron chi connectivity index (χ2n) is 6.04. The fourth-order valence-corrected chi connectivity index (χ4v) is 2.59. The van der Waals surface area contributed by atoms with Gasteiger partial charge >= 0.3 is 5.97 Å². The molecule has 24 heavy (non-hydrogen) atoms. The van der Waals surface area contributed by atoms with E-state index in [1.165, 1.54) is 5.56 Å². The topological polar surface area (TPSA) is 66.4 Å². The van der Waals surface area contributed by atoms with Gasteiger partial charge in [-0.2, -0.15) is 0 Å². The molecule has 1 unspecified atom stereocenters. The van der Waals surface area contributed by atoms with E-state index in [1.807, 2.05) is 25.1 Å². The van der Waals surface area contributed by atoms with Gasteiger partial charge in [-0.3, -0.25) is 9.59 Å². The van der Waals surface area contributed by atoms with Gasteiger partial charge in [-0.05, 0) is 42.5 Å². The molecule has 1 amide bonds. The van der Waals surface area contributed by atoms with Crippen LogP contribution in [0.15, 0.2) is 54.6 Å². The van der Waals surface area contributed by atoms with E-state index in [9.17, 15) is 9.59 Å². The van der Waals surface area contributed by atoms with Crippen molar-refractivity contribution in [3.63, 3.8) is 0 Å². The summed E-state index contributed by atoms with van der Waals surface area (Å²) in [5.74, 6) is -1.000. The summed E-state index contributed by atoms with van der Waals surface area (Å²) in [7, 11) is 0. The van der Waals surface area contributed by atoms with Gasteiger partial charge < -0.3 is 10.4 Å². The van der Waals surface area contributed by atoms with Crippen LogP contribution in [0.25, 0.3) is 0 Å². The summed E-state index contributed by atoms with van der Waals surface area (Å²) in [6, 6.07) is 17.2. The molecule has 2 rings (SSSR count). The molecular weight excluding hydrogens is 302 g/mol. The molecule has 0 aliphatic rings. The number of anilines is 1. The van der Waals surface area contributed by atoms with Crippen molar-refractivity contribution < 1.29 is 14.7 Å². The predicted octanol–water partition coefficient (Wildman–Crippen LogP) is 3.91. The van der Waals surface area contributed by atoms with Crippen molar-refractivity contribution in [2.24, 2.45) is 5.92 Å². The van der Waals surface area contributed by atoms with E-state index < -0.39 is 5.97 Å². The summed E-state index contributed by atoms with van der Waals surface area (Å²) in [5, 5.41) is 11.7. The molecule has 2 aromatic carbocycles. The molecular formula is C20H23NO3. The quantitative estimate of drug-likeness (QED) is 0.773. The number of hydrogen-bond acceptors (Lipinski definition) is 2. The molecule has 4 heteroatoms. The van der Waals surface area contributed by atoms with Crippen molar-refractivity contribution in [2.75, 3.05) is 5.32 Å². The number of aliphatic carboxylic acids is 1. The summed E-state index contributed by atoms with van der Waals surface area (Å²) in [4.78, 5) is 23.0. The second kappa shape index (κ2) is 8.87. The standard InChI is InChI=1S/C20H23NO3/c1-15(7-5-10-16-8-3-2-4-9-16)20(24)21-18-12-6-11-17(13-18)14-19(22)23/h2-4,6,8-9,11-13,15H,5,7,10,14H2,1H3,(H,21,24)(H,22,23). The molecule has 0 saturated heterocycles. The lowest BCUT2D eigenvalue weighted by Crippen LogP contribution is -2.20. The van der Waals surface area contributed by atoms with Crippen molar-refractivity contribution in [1.82, 2.24) is 0 Å². The number of rotatable bonds is 8. The molecule has 0 fully saturated rings. The Bertz CT molecular complexity index is 682. The molecule has 2 aromatic rings. The lowest BCUT2D eigenvalue weighted by atomic mass is 10.00. The number of amides is 1. The number of nitrogens with one attached hydrogen (secondary N) is 1. The Labute approximate surface area is 142 Å². The van der Waals surface area contributed by atoms with Crippen molar-refractivity contribution in [1.29, 1.82) is 0 Å². The third kappa shape index (κ3) is 5.88. The number of aryl methyl sites for hydroxylation is 1. The first kappa shape index (κ1) is 17.7. The van der Waals surface area contributed by atoms with E-state index in [1.54, 1.807) is 24.3 Å². The van der Waals surface area contributed by atoms with Gasteiger partial charge in [-0.15, -0.1) is 0 Å². The lowest BCUT2D eigenvalue weighted by molar-refractivity contribution is -0.136. The average molecular weight is 325 g/mol. The maximum absolute atomic E-state index is 12.3. The van der Waals surface area contributed by atoms with Crippen LogP contribution in [0.1, 0.15) is 30.9 Å². The third-order valence-electron chi connectivity index (χ3n) is 3.94. The number of benzene rings is 2. The van der Waals surface area contributed by atoms with Crippen molar-refractivity contribution in [3.8, 4) is 0 Å². The smallest absolute Gasteiger partial charge is 0.307 e. The van der Waals surface area contributed by atoms with Crippen LogP contribution in [-0.2, 0) is 22.4 Å². The SMILES string of the molecule is CC(CCCc1ccccc1)C(=O)Nc1cccc(CC(=O)O)c1. The van der Waals surface area contributed by atoms with E-state index in [-0.39, 0.29) is 18.2 Å². The Hall–Kier alpha value is -2.62. The number of carbonyl (C=O) groups excluding carboxylic acids is 1. The van der Waals surface area contributed by atoms with E-state index in [4.69, 9.17) is 5.11 Å². The van der Waals surface area contributed by atoms with Crippen LogP contribution in [0.4, 0.5) is 5.69 Å². The zero-order valence-corrected chi connectivity index (χ0v) is 13.9. The fraction of sp³-hybridized carbons (Fsp3) is 0.300. The molecule has 0 aliphatic carbocycles. The van der Waals surface area contributed by atoms with Gasteiger partial charge in [0.2, 0.25) is 5.91 Å². The first-order valence-electron chi connectivity index (χ1n) is 8.20. The Morgan fingerprint density at radius 2 is 1.75 bits per heavy atom. The van der Waals surface area contributed by atoms with Gasteiger partial charge in [0.15, 0.2) is 0 Å². The molecule has 4 nitrogen and oxygen atoms in total. The lowest BCUT2D eigenvalue weighted by Gasteiger charge is -2.13. The fourth-order valence-electron chi connectivity index (χ4n) is 2.59. The number of hydrogen-bond donors (Lipinski definition) is 2. The van der Waals surface area contributed by atoms with Crippen molar-refractivity contribution >= 4 is 17.6 Å². The van der Waals surface area contributed by atoms with E-state index in [2.05, 4.69) is 17.4 Å². The normalized spacial score (nSPS) is 11.7. The highest BCUT2D eigenvalue weighted by atomic mass is 16.4. The largest absolute Gasteiger partial charge is 0.481 e. The minimum atomic E-state index is -0.882. The Kier molecular flexibility index (Phi) is 6.55. The van der Waals surface area contributed by atoms with Crippen LogP contribution in [0, 0.1) is 5.92 Å². The number of carboxylic acid groups (broad SMARTS) is 1. The zero-order valence-electron chi connectivity index (χ0n) is 13.9. The van der Waals surface area contributed by atoms with Crippen molar-refractivity contribution in [2.45, 2.75) is 32.6 Å². The Morgan fingerprint density at radius 1 is 1.04 bits per heavy atom. The number of carbonyl (C=O) groups is 2. The molecule has 0 spiro atoms. The van der Waals surface area contributed by atoms with Gasteiger partial charge in [0, 0.05) is 11.6 Å². The molecule has 0 heterocycles. The third-order valence-corrected chi connectivity index (χ3v) is 3.94. The summed E-state index contributed by atoms with van der Waals surface area (Å²) < 4.78 is 0. The van der Waals surface area contributed by atoms with Gasteiger partial charge in [0.25, 0.3) is 0 Å². The second-order valence-corrected chi connectivity index (χ2v) is 6.04. The maximum atomic E-state index is 12.3. The van der Waals surface area contributed by atoms with Crippen LogP contribution in [-0.4, -0.2) is 17.0 Å². The predicted molar refractivity (Wildman–Crippen MR) is 95.0 cm³/mol. The average Bonchev–Trinajstić information content (AvgIpc) is 2.55. The van der Waals surface area contributed by atoms with Crippen LogP contribution >= 0.6 is 0 Å². The van der Waals surface area contributed by atoms with Crippen LogP contribution in [0.3, 0.4) is 0 Å². The molecule has 2 N–H and O–H groups in total. The van der Waals surface area contributed by atoms with Crippen LogP contribution in [0.5, 0.6) is 0 Å². The highest BCUT2D eigenvalue weighted by molar-refractivity contribution is 5.92. The van der Waals surface area contributed by atoms with Crippen LogP contribution < -0.4 is 5.32 Å². The first-order chi connectivity index (χ1) is 11.5. The monoisotopic (exact) mass is 325 g/mol. The van der Waals surface area contributed by atoms with Gasteiger partial charge in [-0.1, -0.05) is 49.4 Å². The molecule has 126 valence electrons. The molecule has 1 atom stereocenters. The summed E-state index contributed by atoms with van der Waals surface area (Å²) >= 11 is 0. The molecule has 0 aromatic heterocycles. The van der Waals surface area contributed by atoms with Gasteiger partial charge in [-0.25, -0.2) is 0 Å². The number of carboxylic acids is 1. The van der Waals surface area contributed by atoms with Crippen molar-refractivity contribution in [3.05, 3.63) is 65.7 Å². The minimum absolute atomic E-state index is 0.0319. The highest BCUT2D eigenvalue weighted by Crippen LogP contribution is 2.15. The summed E-state index contributed by atoms with van der Waals surface area (Å²) in [6.45, 7) is 1.92. The Morgan fingerprint density at radius 3 is 2.46 bits per heavy atom. The summed E-state index contributed by atoms with van der Waals surface area (Å²) in [5.41, 5.74) is 2.61. The van der Waals surface area contributed by atoms with Crippen LogP contribution in [0.2, 0.25) is 0 Å². The van der Waals surface area contributed by atoms with Gasteiger partial charge in [0.1, 0.15) is 0 Å².